The maximum Gasteiger partial charge on any atom is 0.258 e. The number of aromatic nitrogens is 1. The molecule has 6 nitrogen and oxygen atoms in total. The van der Waals surface area contributed by atoms with E-state index in [2.05, 4.69) is 5.32 Å². The lowest BCUT2D eigenvalue weighted by Crippen LogP contribution is -2.28. The van der Waals surface area contributed by atoms with Crippen LogP contribution in [0.3, 0.4) is 0 Å². The summed E-state index contributed by atoms with van der Waals surface area (Å²) in [6.45, 7) is 1.95. The van der Waals surface area contributed by atoms with Gasteiger partial charge in [-0.3, -0.25) is 4.79 Å². The van der Waals surface area contributed by atoms with E-state index >= 15 is 0 Å². The summed E-state index contributed by atoms with van der Waals surface area (Å²) in [5.74, 6) is 0.0921. The SMILES string of the molecule is CC[SiH](O)c1ccc(O)c(-c2cn(C)c(=O)c3ccc(/C(C=N)=C/NC)cc23)c1. The third kappa shape index (κ3) is 3.87. The zero-order valence-electron chi connectivity index (χ0n) is 16.7. The number of phenols is 1. The first-order valence-electron chi connectivity index (χ1n) is 9.44. The first kappa shape index (κ1) is 20.6. The molecule has 0 aliphatic heterocycles. The third-order valence-corrected chi connectivity index (χ3v) is 6.96. The predicted molar refractivity (Wildman–Crippen MR) is 122 cm³/mol. The minimum absolute atomic E-state index is 0.0921. The van der Waals surface area contributed by atoms with Crippen LogP contribution in [-0.2, 0) is 7.05 Å². The number of aromatic hydroxyl groups is 1. The second-order valence-corrected chi connectivity index (χ2v) is 9.47. The number of pyridine rings is 1. The Hall–Kier alpha value is -3.16. The number of fused-ring (bicyclic) bond motifs is 1. The van der Waals surface area contributed by atoms with E-state index in [9.17, 15) is 14.7 Å². The third-order valence-electron chi connectivity index (χ3n) is 5.05. The van der Waals surface area contributed by atoms with E-state index in [0.717, 1.165) is 10.8 Å². The van der Waals surface area contributed by atoms with E-state index in [0.29, 0.717) is 33.5 Å². The monoisotopic (exact) mass is 407 g/mol. The van der Waals surface area contributed by atoms with Gasteiger partial charge in [0.2, 0.25) is 9.04 Å². The Labute approximate surface area is 171 Å². The molecular formula is C22H25N3O3Si. The van der Waals surface area contributed by atoms with Crippen molar-refractivity contribution in [2.24, 2.45) is 7.05 Å². The van der Waals surface area contributed by atoms with Crippen LogP contribution in [0.4, 0.5) is 0 Å². The summed E-state index contributed by atoms with van der Waals surface area (Å²) in [7, 11) is 1.38. The Kier molecular flexibility index (Phi) is 6.00. The molecule has 29 heavy (non-hydrogen) atoms. The molecule has 0 fully saturated rings. The lowest BCUT2D eigenvalue weighted by Gasteiger charge is -2.15. The molecule has 0 amide bonds. The van der Waals surface area contributed by atoms with Crippen molar-refractivity contribution in [3.05, 3.63) is 64.7 Å². The first-order chi connectivity index (χ1) is 13.9. The van der Waals surface area contributed by atoms with Crippen molar-refractivity contribution < 1.29 is 9.90 Å². The van der Waals surface area contributed by atoms with Gasteiger partial charge in [-0.05, 0) is 46.4 Å². The molecule has 1 unspecified atom stereocenters. The van der Waals surface area contributed by atoms with Crippen LogP contribution in [0.15, 0.2) is 53.6 Å². The van der Waals surface area contributed by atoms with Gasteiger partial charge in [-0.2, -0.15) is 0 Å². The number of hydrogen-bond acceptors (Lipinski definition) is 5. The van der Waals surface area contributed by atoms with Crippen LogP contribution in [0.1, 0.15) is 12.5 Å². The van der Waals surface area contributed by atoms with Crippen molar-refractivity contribution in [3.63, 3.8) is 0 Å². The van der Waals surface area contributed by atoms with Gasteiger partial charge in [-0.25, -0.2) is 0 Å². The fraction of sp³-hybridized carbons (Fsp3) is 0.182. The van der Waals surface area contributed by atoms with Crippen LogP contribution in [0.25, 0.3) is 27.5 Å². The fourth-order valence-electron chi connectivity index (χ4n) is 3.44. The van der Waals surface area contributed by atoms with Gasteiger partial charge in [0.25, 0.3) is 5.56 Å². The summed E-state index contributed by atoms with van der Waals surface area (Å²) in [4.78, 5) is 23.1. The molecule has 0 aliphatic carbocycles. The average molecular weight is 408 g/mol. The normalized spacial score (nSPS) is 12.8. The van der Waals surface area contributed by atoms with Gasteiger partial charge in [0.15, 0.2) is 0 Å². The summed E-state index contributed by atoms with van der Waals surface area (Å²) in [5, 5.41) is 23.2. The summed E-state index contributed by atoms with van der Waals surface area (Å²) in [6.07, 6.45) is 4.68. The molecule has 1 atom stereocenters. The number of aryl methyl sites for hydroxylation is 1. The molecule has 3 aromatic rings. The Morgan fingerprint density at radius 3 is 2.62 bits per heavy atom. The highest BCUT2D eigenvalue weighted by Gasteiger charge is 2.16. The standard InChI is InChI=1S/C22H25N3O3Si/c1-4-29(28)16-6-8-21(26)19(10-16)20-13-25(3)22(27)17-7-5-14(9-18(17)20)15(11-23)12-24-2/h5-13,23-24,26,28-29H,4H2,1-3H3/b15-12+,23-11?. The number of nitrogens with one attached hydrogen (secondary N) is 2. The molecule has 0 aliphatic rings. The summed E-state index contributed by atoms with van der Waals surface area (Å²) in [6, 6.07) is 11.3. The highest BCUT2D eigenvalue weighted by molar-refractivity contribution is 6.66. The number of allylic oxidation sites excluding steroid dienone is 1. The molecule has 150 valence electrons. The van der Waals surface area contributed by atoms with Gasteiger partial charge in [0.05, 0.1) is 0 Å². The molecule has 7 heteroatoms. The van der Waals surface area contributed by atoms with Crippen molar-refractivity contribution in [1.82, 2.24) is 9.88 Å². The summed E-state index contributed by atoms with van der Waals surface area (Å²) in [5.41, 5.74) is 2.61. The van der Waals surface area contributed by atoms with E-state index in [-0.39, 0.29) is 11.3 Å². The van der Waals surface area contributed by atoms with Crippen molar-refractivity contribution in [3.8, 4) is 16.9 Å². The highest BCUT2D eigenvalue weighted by Crippen LogP contribution is 2.34. The second-order valence-electron chi connectivity index (χ2n) is 6.95. The minimum Gasteiger partial charge on any atom is -0.507 e. The van der Waals surface area contributed by atoms with E-state index in [1.807, 2.05) is 25.1 Å². The van der Waals surface area contributed by atoms with Gasteiger partial charge in [0.1, 0.15) is 5.75 Å². The van der Waals surface area contributed by atoms with Crippen molar-refractivity contribution >= 4 is 36.8 Å². The molecule has 1 heterocycles. The van der Waals surface area contributed by atoms with Crippen molar-refractivity contribution in [2.75, 3.05) is 7.05 Å². The average Bonchev–Trinajstić information content (AvgIpc) is 2.74. The Balaban J connectivity index is 2.36. The van der Waals surface area contributed by atoms with Gasteiger partial charge in [-0.15, -0.1) is 0 Å². The maximum absolute atomic E-state index is 12.7. The van der Waals surface area contributed by atoms with Crippen LogP contribution >= 0.6 is 0 Å². The lowest BCUT2D eigenvalue weighted by atomic mass is 9.96. The molecule has 2 aromatic carbocycles. The van der Waals surface area contributed by atoms with Crippen LogP contribution < -0.4 is 16.1 Å². The van der Waals surface area contributed by atoms with Crippen LogP contribution in [0.2, 0.25) is 6.04 Å². The molecule has 3 rings (SSSR count). The van der Waals surface area contributed by atoms with Crippen LogP contribution in [-0.4, -0.2) is 36.8 Å². The molecule has 0 radical (unpaired) electrons. The Morgan fingerprint density at radius 2 is 1.97 bits per heavy atom. The quantitative estimate of drug-likeness (QED) is 0.371. The molecule has 4 N–H and O–H groups in total. The lowest BCUT2D eigenvalue weighted by molar-refractivity contribution is 0.477. The van der Waals surface area contributed by atoms with Gasteiger partial charge < -0.3 is 25.2 Å². The topological polar surface area (TPSA) is 98.3 Å². The van der Waals surface area contributed by atoms with Crippen LogP contribution in [0.5, 0.6) is 5.75 Å². The highest BCUT2D eigenvalue weighted by atomic mass is 28.3. The number of hydrogen-bond donors (Lipinski definition) is 4. The zero-order chi connectivity index (χ0) is 21.1. The summed E-state index contributed by atoms with van der Waals surface area (Å²) < 4.78 is 1.50. The molecule has 0 spiro atoms. The largest absolute Gasteiger partial charge is 0.507 e. The Morgan fingerprint density at radius 1 is 1.21 bits per heavy atom. The van der Waals surface area contributed by atoms with E-state index < -0.39 is 9.04 Å². The van der Waals surface area contributed by atoms with E-state index in [1.54, 1.807) is 44.7 Å². The smallest absolute Gasteiger partial charge is 0.258 e. The van der Waals surface area contributed by atoms with Crippen LogP contribution in [0, 0.1) is 5.41 Å². The molecular weight excluding hydrogens is 382 g/mol. The van der Waals surface area contributed by atoms with Crippen molar-refractivity contribution in [1.29, 1.82) is 5.41 Å². The first-order valence-corrected chi connectivity index (χ1v) is 11.3. The number of phenolic OH excluding ortho intramolecular Hbond substituents is 1. The molecule has 1 aromatic heterocycles. The zero-order valence-corrected chi connectivity index (χ0v) is 17.9. The molecule has 0 saturated carbocycles. The van der Waals surface area contributed by atoms with Gasteiger partial charge >= 0.3 is 0 Å². The minimum atomic E-state index is -2.06. The van der Waals surface area contributed by atoms with E-state index in [4.69, 9.17) is 5.41 Å². The number of rotatable bonds is 6. The Bertz CT molecular complexity index is 1170. The van der Waals surface area contributed by atoms with Gasteiger partial charge in [-0.1, -0.05) is 19.1 Å². The number of nitrogens with zero attached hydrogens (tertiary/aromatic N) is 1. The number of benzene rings is 2. The molecule has 0 bridgehead atoms. The predicted octanol–water partition coefficient (Wildman–Crippen LogP) is 2.06. The van der Waals surface area contributed by atoms with E-state index in [1.165, 1.54) is 10.8 Å². The second kappa shape index (κ2) is 8.46. The van der Waals surface area contributed by atoms with Gasteiger partial charge in [0, 0.05) is 54.8 Å². The van der Waals surface area contributed by atoms with Crippen molar-refractivity contribution in [2.45, 2.75) is 13.0 Å². The molecule has 0 saturated heterocycles. The maximum atomic E-state index is 12.7. The summed E-state index contributed by atoms with van der Waals surface area (Å²) >= 11 is 0. The fourth-order valence-corrected chi connectivity index (χ4v) is 4.58.